The summed E-state index contributed by atoms with van der Waals surface area (Å²) >= 11 is 0. The van der Waals surface area contributed by atoms with Gasteiger partial charge in [-0.15, -0.1) is 0 Å². The van der Waals surface area contributed by atoms with Crippen molar-refractivity contribution in [3.63, 3.8) is 0 Å². The predicted molar refractivity (Wildman–Crippen MR) is 66.1 cm³/mol. The second-order valence-electron chi connectivity index (χ2n) is 4.08. The van der Waals surface area contributed by atoms with E-state index in [0.29, 0.717) is 12.0 Å². The van der Waals surface area contributed by atoms with Crippen molar-refractivity contribution in [3.05, 3.63) is 65.5 Å². The summed E-state index contributed by atoms with van der Waals surface area (Å²) in [6.45, 7) is 0. The van der Waals surface area contributed by atoms with Gasteiger partial charge in [0.2, 0.25) is 0 Å². The van der Waals surface area contributed by atoms with Crippen molar-refractivity contribution in [1.29, 1.82) is 0 Å². The predicted octanol–water partition coefficient (Wildman–Crippen LogP) is 2.86. The highest BCUT2D eigenvalue weighted by atomic mass is 19.1. The minimum absolute atomic E-state index is 0.0626. The van der Waals surface area contributed by atoms with E-state index >= 15 is 0 Å². The third-order valence-corrected chi connectivity index (χ3v) is 2.76. The van der Waals surface area contributed by atoms with Crippen LogP contribution in [0.4, 0.5) is 8.78 Å². The van der Waals surface area contributed by atoms with Gasteiger partial charge in [0.1, 0.15) is 11.6 Å². The maximum Gasteiger partial charge on any atom is 0.126 e. The van der Waals surface area contributed by atoms with E-state index in [1.54, 1.807) is 13.2 Å². The number of halogens is 2. The average Bonchev–Trinajstić information content (AvgIpc) is 2.36. The molecule has 0 bridgehead atoms. The number of rotatable bonds is 4. The number of benzene rings is 1. The van der Waals surface area contributed by atoms with Crippen molar-refractivity contribution < 1.29 is 8.78 Å². The van der Waals surface area contributed by atoms with Crippen LogP contribution in [-0.2, 0) is 6.42 Å². The van der Waals surface area contributed by atoms with E-state index in [0.717, 1.165) is 11.8 Å². The van der Waals surface area contributed by atoms with Crippen LogP contribution >= 0.6 is 0 Å². The second kappa shape index (κ2) is 5.69. The molecule has 0 saturated carbocycles. The topological polar surface area (TPSA) is 24.9 Å². The van der Waals surface area contributed by atoms with Crippen LogP contribution in [0.2, 0.25) is 0 Å². The van der Waals surface area contributed by atoms with Crippen LogP contribution in [0.1, 0.15) is 17.3 Å². The smallest absolute Gasteiger partial charge is 0.126 e. The zero-order valence-electron chi connectivity index (χ0n) is 10.0. The number of nitrogens with zero attached hydrogens (tertiary/aromatic N) is 1. The Bertz CT molecular complexity index is 494. The van der Waals surface area contributed by atoms with Gasteiger partial charge >= 0.3 is 0 Å². The van der Waals surface area contributed by atoms with Crippen molar-refractivity contribution in [1.82, 2.24) is 10.3 Å². The lowest BCUT2D eigenvalue weighted by molar-refractivity contribution is 0.555. The lowest BCUT2D eigenvalue weighted by Gasteiger charge is -2.15. The average molecular weight is 248 g/mol. The zero-order chi connectivity index (χ0) is 13.0. The molecule has 94 valence electrons. The van der Waals surface area contributed by atoms with E-state index < -0.39 is 11.6 Å². The van der Waals surface area contributed by atoms with E-state index in [9.17, 15) is 8.78 Å². The maximum absolute atomic E-state index is 13.1. The Hall–Kier alpha value is -1.81. The van der Waals surface area contributed by atoms with Crippen LogP contribution in [0.3, 0.4) is 0 Å². The van der Waals surface area contributed by atoms with Gasteiger partial charge in [-0.2, -0.15) is 0 Å². The fourth-order valence-electron chi connectivity index (χ4n) is 1.90. The highest BCUT2D eigenvalue weighted by Crippen LogP contribution is 2.17. The van der Waals surface area contributed by atoms with Gasteiger partial charge in [-0.25, -0.2) is 8.78 Å². The maximum atomic E-state index is 13.1. The van der Waals surface area contributed by atoms with Gasteiger partial charge in [0, 0.05) is 12.3 Å². The molecule has 2 aromatic rings. The molecule has 0 fully saturated rings. The molecule has 0 saturated heterocycles. The molecule has 1 aromatic carbocycles. The number of likely N-dealkylation sites (N-methyl/N-ethyl adjacent to an activating group) is 1. The molecule has 0 aliphatic rings. The van der Waals surface area contributed by atoms with Gasteiger partial charge in [0.15, 0.2) is 0 Å². The molecular formula is C14H14F2N2. The zero-order valence-corrected chi connectivity index (χ0v) is 10.0. The van der Waals surface area contributed by atoms with Gasteiger partial charge in [0.05, 0.1) is 11.7 Å². The van der Waals surface area contributed by atoms with Crippen molar-refractivity contribution in [2.24, 2.45) is 0 Å². The quantitative estimate of drug-likeness (QED) is 0.900. The molecule has 18 heavy (non-hydrogen) atoms. The van der Waals surface area contributed by atoms with Crippen LogP contribution < -0.4 is 5.32 Å². The van der Waals surface area contributed by atoms with Gasteiger partial charge < -0.3 is 5.32 Å². The molecule has 1 N–H and O–H groups in total. The number of hydrogen-bond donors (Lipinski definition) is 1. The molecule has 0 aliphatic heterocycles. The number of aromatic nitrogens is 1. The Labute approximate surface area is 105 Å². The van der Waals surface area contributed by atoms with Crippen molar-refractivity contribution >= 4 is 0 Å². The molecule has 0 radical (unpaired) electrons. The highest BCUT2D eigenvalue weighted by Gasteiger charge is 2.12. The number of nitrogens with one attached hydrogen (secondary N) is 1. The summed E-state index contributed by atoms with van der Waals surface area (Å²) in [4.78, 5) is 4.24. The summed E-state index contributed by atoms with van der Waals surface area (Å²) in [6.07, 6.45) is 2.19. The molecule has 2 rings (SSSR count). The van der Waals surface area contributed by atoms with Crippen molar-refractivity contribution in [3.8, 4) is 0 Å². The first-order chi connectivity index (χ1) is 8.69. The summed E-state index contributed by atoms with van der Waals surface area (Å²) in [5.41, 5.74) is 1.46. The van der Waals surface area contributed by atoms with Crippen LogP contribution in [0.15, 0.2) is 42.6 Å². The summed E-state index contributed by atoms with van der Waals surface area (Å²) in [7, 11) is 1.80. The van der Waals surface area contributed by atoms with Crippen LogP contribution in [0, 0.1) is 11.6 Å². The minimum atomic E-state index is -0.555. The minimum Gasteiger partial charge on any atom is -0.311 e. The Morgan fingerprint density at radius 3 is 2.44 bits per heavy atom. The molecule has 1 atom stereocenters. The molecular weight excluding hydrogens is 234 g/mol. The van der Waals surface area contributed by atoms with Crippen LogP contribution in [0.25, 0.3) is 0 Å². The van der Waals surface area contributed by atoms with Gasteiger partial charge in [-0.05, 0) is 43.3 Å². The third kappa shape index (κ3) is 3.11. The van der Waals surface area contributed by atoms with E-state index in [-0.39, 0.29) is 6.04 Å². The van der Waals surface area contributed by atoms with Crippen molar-refractivity contribution in [2.45, 2.75) is 12.5 Å². The normalized spacial score (nSPS) is 12.4. The Kier molecular flexibility index (Phi) is 3.99. The molecule has 1 aromatic heterocycles. The first-order valence-electron chi connectivity index (χ1n) is 5.72. The first kappa shape index (κ1) is 12.6. The molecule has 2 nitrogen and oxygen atoms in total. The van der Waals surface area contributed by atoms with E-state index in [1.165, 1.54) is 12.1 Å². The highest BCUT2D eigenvalue weighted by molar-refractivity contribution is 5.21. The summed E-state index contributed by atoms with van der Waals surface area (Å²) in [5.74, 6) is -1.11. The molecule has 0 aliphatic carbocycles. The molecule has 0 spiro atoms. The van der Waals surface area contributed by atoms with Gasteiger partial charge in [-0.3, -0.25) is 4.98 Å². The van der Waals surface area contributed by atoms with Gasteiger partial charge in [0.25, 0.3) is 0 Å². The van der Waals surface area contributed by atoms with Crippen molar-refractivity contribution in [2.75, 3.05) is 7.05 Å². The fraction of sp³-hybridized carbons (Fsp3) is 0.214. The Balaban J connectivity index is 2.20. The molecule has 0 amide bonds. The lowest BCUT2D eigenvalue weighted by atomic mass is 10.0. The van der Waals surface area contributed by atoms with E-state index in [4.69, 9.17) is 0 Å². The summed E-state index contributed by atoms with van der Waals surface area (Å²) in [5, 5.41) is 3.10. The number of pyridine rings is 1. The van der Waals surface area contributed by atoms with Crippen LogP contribution in [0.5, 0.6) is 0 Å². The lowest BCUT2D eigenvalue weighted by Crippen LogP contribution is -2.20. The SMILES string of the molecule is CNC(Cc1cc(F)cc(F)c1)c1ccccn1. The molecule has 4 heteroatoms. The third-order valence-electron chi connectivity index (χ3n) is 2.76. The van der Waals surface area contributed by atoms with E-state index in [2.05, 4.69) is 10.3 Å². The molecule has 1 heterocycles. The fourth-order valence-corrected chi connectivity index (χ4v) is 1.90. The monoisotopic (exact) mass is 248 g/mol. The van der Waals surface area contributed by atoms with Crippen LogP contribution in [-0.4, -0.2) is 12.0 Å². The Morgan fingerprint density at radius 2 is 1.89 bits per heavy atom. The summed E-state index contributed by atoms with van der Waals surface area (Å²) < 4.78 is 26.2. The molecule has 1 unspecified atom stereocenters. The Morgan fingerprint density at radius 1 is 1.17 bits per heavy atom. The standard InChI is InChI=1S/C14H14F2N2/c1-17-14(13-4-2-3-5-18-13)8-10-6-11(15)9-12(16)7-10/h2-7,9,14,17H,8H2,1H3. The van der Waals surface area contributed by atoms with Gasteiger partial charge in [-0.1, -0.05) is 6.07 Å². The van der Waals surface area contributed by atoms with E-state index in [1.807, 2.05) is 18.2 Å². The largest absolute Gasteiger partial charge is 0.311 e. The summed E-state index contributed by atoms with van der Waals surface area (Å²) in [6, 6.07) is 9.10. The number of hydrogen-bond acceptors (Lipinski definition) is 2. The first-order valence-corrected chi connectivity index (χ1v) is 5.72. The second-order valence-corrected chi connectivity index (χ2v) is 4.08.